The normalized spacial score (nSPS) is 13.7. The van der Waals surface area contributed by atoms with E-state index in [0.717, 1.165) is 5.69 Å². The summed E-state index contributed by atoms with van der Waals surface area (Å²) < 4.78 is 15.2. The van der Waals surface area contributed by atoms with Gasteiger partial charge in [-0.15, -0.1) is 0 Å². The molecule has 1 aliphatic heterocycles. The van der Waals surface area contributed by atoms with Gasteiger partial charge in [0.2, 0.25) is 5.91 Å². The molecule has 1 aliphatic rings. The summed E-state index contributed by atoms with van der Waals surface area (Å²) in [6.45, 7) is 2.39. The number of aromatic carboxylic acids is 1. The number of carboxylic acid groups (broad SMARTS) is 1. The Morgan fingerprint density at radius 3 is 2.79 bits per heavy atom. The molecule has 126 valence electrons. The van der Waals surface area contributed by atoms with E-state index >= 15 is 0 Å². The zero-order chi connectivity index (χ0) is 17.4. The van der Waals surface area contributed by atoms with E-state index in [9.17, 15) is 19.1 Å². The third-order valence-corrected chi connectivity index (χ3v) is 4.39. The highest BCUT2D eigenvalue weighted by Crippen LogP contribution is 2.23. The zero-order valence-electron chi connectivity index (χ0n) is 13.5. The van der Waals surface area contributed by atoms with Crippen LogP contribution in [0.1, 0.15) is 32.9 Å². The molecule has 0 radical (unpaired) electrons. The lowest BCUT2D eigenvalue weighted by molar-refractivity contribution is -0.131. The summed E-state index contributed by atoms with van der Waals surface area (Å²) in [5, 5.41) is 13.3. The molecule has 0 spiro atoms. The van der Waals surface area contributed by atoms with E-state index in [1.54, 1.807) is 35.7 Å². The predicted molar refractivity (Wildman–Crippen MR) is 84.1 cm³/mol. The molecule has 2 aromatic rings. The van der Waals surface area contributed by atoms with Crippen LogP contribution in [0.15, 0.2) is 18.2 Å². The van der Waals surface area contributed by atoms with Gasteiger partial charge in [-0.1, -0.05) is 12.1 Å². The van der Waals surface area contributed by atoms with Crippen molar-refractivity contribution in [3.63, 3.8) is 0 Å². The molecule has 0 aliphatic carbocycles. The maximum atomic E-state index is 13.6. The Balaban J connectivity index is 1.78. The van der Waals surface area contributed by atoms with E-state index in [1.165, 1.54) is 6.07 Å². The van der Waals surface area contributed by atoms with Crippen molar-refractivity contribution >= 4 is 11.9 Å². The van der Waals surface area contributed by atoms with E-state index in [0.29, 0.717) is 29.7 Å². The van der Waals surface area contributed by atoms with Crippen molar-refractivity contribution in [3.8, 4) is 0 Å². The summed E-state index contributed by atoms with van der Waals surface area (Å²) in [6, 6.07) is 4.75. The van der Waals surface area contributed by atoms with Crippen LogP contribution in [0.5, 0.6) is 0 Å². The summed E-state index contributed by atoms with van der Waals surface area (Å²) in [6.07, 6.45) is 0.648. The number of carboxylic acids is 1. The maximum Gasteiger partial charge on any atom is 0.356 e. The number of amides is 1. The standard InChI is InChI=1S/C17H18FN3O3/c1-10-3-4-11(7-13(10)18)8-15(22)21-6-5-14-12(9-21)16(17(23)24)19-20(14)2/h3-4,7H,5-6,8-9H2,1-2H3,(H,23,24). The van der Waals surface area contributed by atoms with E-state index < -0.39 is 5.97 Å². The first-order chi connectivity index (χ1) is 11.4. The van der Waals surface area contributed by atoms with Crippen molar-refractivity contribution in [3.05, 3.63) is 52.1 Å². The number of hydrogen-bond donors (Lipinski definition) is 1. The molecule has 1 amide bonds. The second-order valence-electron chi connectivity index (χ2n) is 6.03. The van der Waals surface area contributed by atoms with E-state index in [4.69, 9.17) is 0 Å². The van der Waals surface area contributed by atoms with Crippen LogP contribution < -0.4 is 0 Å². The lowest BCUT2D eigenvalue weighted by Gasteiger charge is -2.27. The first kappa shape index (κ1) is 16.2. The van der Waals surface area contributed by atoms with Crippen molar-refractivity contribution in [1.82, 2.24) is 14.7 Å². The molecule has 0 unspecified atom stereocenters. The minimum absolute atomic E-state index is 0.00798. The van der Waals surface area contributed by atoms with Gasteiger partial charge in [0.1, 0.15) is 5.82 Å². The minimum atomic E-state index is -1.10. The molecule has 1 N–H and O–H groups in total. The van der Waals surface area contributed by atoms with Gasteiger partial charge < -0.3 is 10.0 Å². The number of hydrogen-bond acceptors (Lipinski definition) is 3. The maximum absolute atomic E-state index is 13.6. The van der Waals surface area contributed by atoms with Gasteiger partial charge in [0.25, 0.3) is 0 Å². The van der Waals surface area contributed by atoms with Crippen LogP contribution in [0.3, 0.4) is 0 Å². The topological polar surface area (TPSA) is 75.4 Å². The zero-order valence-corrected chi connectivity index (χ0v) is 13.5. The average Bonchev–Trinajstić information content (AvgIpc) is 2.88. The summed E-state index contributed by atoms with van der Waals surface area (Å²) >= 11 is 0. The number of carbonyl (C=O) groups is 2. The molecular weight excluding hydrogens is 313 g/mol. The van der Waals surface area contributed by atoms with Crippen molar-refractivity contribution in [2.24, 2.45) is 7.05 Å². The third kappa shape index (κ3) is 2.89. The second kappa shape index (κ2) is 6.07. The molecule has 6 nitrogen and oxygen atoms in total. The fourth-order valence-corrected chi connectivity index (χ4v) is 3.01. The Morgan fingerprint density at radius 1 is 1.38 bits per heavy atom. The van der Waals surface area contributed by atoms with Gasteiger partial charge in [-0.2, -0.15) is 5.10 Å². The molecule has 0 saturated carbocycles. The highest BCUT2D eigenvalue weighted by atomic mass is 19.1. The molecule has 1 aromatic carbocycles. The first-order valence-electron chi connectivity index (χ1n) is 7.67. The monoisotopic (exact) mass is 331 g/mol. The molecule has 0 bridgehead atoms. The molecule has 3 rings (SSSR count). The molecule has 0 fully saturated rings. The van der Waals surface area contributed by atoms with Gasteiger partial charge in [0, 0.05) is 37.8 Å². The number of aryl methyl sites for hydroxylation is 2. The highest BCUT2D eigenvalue weighted by molar-refractivity contribution is 5.88. The van der Waals surface area contributed by atoms with Gasteiger partial charge >= 0.3 is 5.97 Å². The number of aromatic nitrogens is 2. The SMILES string of the molecule is Cc1ccc(CC(=O)N2CCc3c(c(C(=O)O)nn3C)C2)cc1F. The van der Waals surface area contributed by atoms with Crippen molar-refractivity contribution in [2.45, 2.75) is 26.3 Å². The largest absolute Gasteiger partial charge is 0.476 e. The Kier molecular flexibility index (Phi) is 4.09. The quantitative estimate of drug-likeness (QED) is 0.929. The summed E-state index contributed by atoms with van der Waals surface area (Å²) in [7, 11) is 1.71. The molecule has 1 aromatic heterocycles. The molecule has 7 heteroatoms. The van der Waals surface area contributed by atoms with Crippen LogP contribution in [-0.4, -0.2) is 38.2 Å². The summed E-state index contributed by atoms with van der Waals surface area (Å²) in [5.74, 6) is -1.58. The number of benzene rings is 1. The van der Waals surface area contributed by atoms with Crippen LogP contribution in [0.25, 0.3) is 0 Å². The lowest BCUT2D eigenvalue weighted by atomic mass is 10.0. The van der Waals surface area contributed by atoms with E-state index in [1.807, 2.05) is 0 Å². The summed E-state index contributed by atoms with van der Waals surface area (Å²) in [5.41, 5.74) is 2.57. The van der Waals surface area contributed by atoms with Crippen LogP contribution >= 0.6 is 0 Å². The van der Waals surface area contributed by atoms with Gasteiger partial charge in [0.15, 0.2) is 5.69 Å². The fourth-order valence-electron chi connectivity index (χ4n) is 3.01. The van der Waals surface area contributed by atoms with Crippen LogP contribution in [0.4, 0.5) is 4.39 Å². The Hall–Kier alpha value is -2.70. The molecule has 0 saturated heterocycles. The van der Waals surface area contributed by atoms with Crippen LogP contribution in [-0.2, 0) is 31.2 Å². The molecular formula is C17H18FN3O3. The van der Waals surface area contributed by atoms with Gasteiger partial charge in [-0.3, -0.25) is 9.48 Å². The number of nitrogens with zero attached hydrogens (tertiary/aromatic N) is 3. The van der Waals surface area contributed by atoms with Crippen molar-refractivity contribution < 1.29 is 19.1 Å². The Labute approximate surface area is 138 Å². The molecule has 24 heavy (non-hydrogen) atoms. The first-order valence-corrected chi connectivity index (χ1v) is 7.67. The number of rotatable bonds is 3. The van der Waals surface area contributed by atoms with Crippen molar-refractivity contribution in [1.29, 1.82) is 0 Å². The number of fused-ring (bicyclic) bond motifs is 1. The summed E-state index contributed by atoms with van der Waals surface area (Å²) in [4.78, 5) is 25.4. The molecule has 0 atom stereocenters. The van der Waals surface area contributed by atoms with Gasteiger partial charge in [-0.25, -0.2) is 9.18 Å². The van der Waals surface area contributed by atoms with Crippen molar-refractivity contribution in [2.75, 3.05) is 6.54 Å². The number of carbonyl (C=O) groups excluding carboxylic acids is 1. The van der Waals surface area contributed by atoms with E-state index in [-0.39, 0.29) is 30.4 Å². The fraction of sp³-hybridized carbons (Fsp3) is 0.353. The number of halogens is 1. The predicted octanol–water partition coefficient (Wildman–Crippen LogP) is 1.69. The third-order valence-electron chi connectivity index (χ3n) is 4.39. The van der Waals surface area contributed by atoms with Gasteiger partial charge in [-0.05, 0) is 24.1 Å². The second-order valence-corrected chi connectivity index (χ2v) is 6.03. The molecule has 2 heterocycles. The van der Waals surface area contributed by atoms with Gasteiger partial charge in [0.05, 0.1) is 6.42 Å². The average molecular weight is 331 g/mol. The lowest BCUT2D eigenvalue weighted by Crippen LogP contribution is -2.37. The Morgan fingerprint density at radius 2 is 2.12 bits per heavy atom. The highest BCUT2D eigenvalue weighted by Gasteiger charge is 2.29. The van der Waals surface area contributed by atoms with Crippen LogP contribution in [0.2, 0.25) is 0 Å². The minimum Gasteiger partial charge on any atom is -0.476 e. The van der Waals surface area contributed by atoms with E-state index in [2.05, 4.69) is 5.10 Å². The van der Waals surface area contributed by atoms with Crippen LogP contribution in [0, 0.1) is 12.7 Å². The smallest absolute Gasteiger partial charge is 0.356 e. The Bertz CT molecular complexity index is 829.